The smallest absolute Gasteiger partial charge is 0.227 e. The third-order valence-corrected chi connectivity index (χ3v) is 5.48. The number of benzene rings is 1. The molecule has 1 saturated carbocycles. The molecular formula is C20H28N2O2. The second kappa shape index (κ2) is 7.37. The molecule has 0 spiro atoms. The topological polar surface area (TPSA) is 49.4 Å². The molecule has 1 N–H and O–H groups in total. The van der Waals surface area contributed by atoms with Crippen LogP contribution in [-0.2, 0) is 9.59 Å². The highest BCUT2D eigenvalue weighted by Gasteiger charge is 2.33. The molecule has 0 aromatic heterocycles. The van der Waals surface area contributed by atoms with Gasteiger partial charge in [-0.25, -0.2) is 0 Å². The maximum atomic E-state index is 12.4. The normalized spacial score (nSPS) is 19.2. The van der Waals surface area contributed by atoms with Gasteiger partial charge in [0.15, 0.2) is 0 Å². The number of piperidine rings is 1. The summed E-state index contributed by atoms with van der Waals surface area (Å²) in [5.74, 6) is 1.16. The number of rotatable bonds is 4. The van der Waals surface area contributed by atoms with E-state index >= 15 is 0 Å². The highest BCUT2D eigenvalue weighted by atomic mass is 16.2. The van der Waals surface area contributed by atoms with E-state index in [1.807, 2.05) is 17.0 Å². The van der Waals surface area contributed by atoms with Crippen molar-refractivity contribution in [1.29, 1.82) is 0 Å². The van der Waals surface area contributed by atoms with Gasteiger partial charge in [-0.3, -0.25) is 9.59 Å². The Balaban J connectivity index is 1.48. The number of likely N-dealkylation sites (tertiary alicyclic amines) is 1. The first-order chi connectivity index (χ1) is 11.5. The molecule has 1 aromatic carbocycles. The monoisotopic (exact) mass is 328 g/mol. The minimum atomic E-state index is 0.0141. The summed E-state index contributed by atoms with van der Waals surface area (Å²) >= 11 is 0. The van der Waals surface area contributed by atoms with Crippen LogP contribution >= 0.6 is 0 Å². The summed E-state index contributed by atoms with van der Waals surface area (Å²) in [5.41, 5.74) is 2.13. The largest absolute Gasteiger partial charge is 0.342 e. The van der Waals surface area contributed by atoms with Crippen LogP contribution in [0.15, 0.2) is 24.3 Å². The third-order valence-electron chi connectivity index (χ3n) is 5.48. The second-order valence-corrected chi connectivity index (χ2v) is 7.49. The van der Waals surface area contributed by atoms with E-state index in [1.165, 1.54) is 12.0 Å². The number of amides is 2. The molecule has 4 heteroatoms. The van der Waals surface area contributed by atoms with E-state index in [0.29, 0.717) is 11.8 Å². The highest BCUT2D eigenvalue weighted by molar-refractivity contribution is 5.92. The SMILES string of the molecule is CC(C)c1ccc(NC(=O)C2CCN(C(=O)C3CCC3)CC2)cc1. The van der Waals surface area contributed by atoms with E-state index in [9.17, 15) is 9.59 Å². The zero-order valence-electron chi connectivity index (χ0n) is 14.8. The molecule has 0 radical (unpaired) electrons. The molecule has 4 nitrogen and oxygen atoms in total. The summed E-state index contributed by atoms with van der Waals surface area (Å²) in [4.78, 5) is 26.7. The Kier molecular flexibility index (Phi) is 5.22. The lowest BCUT2D eigenvalue weighted by molar-refractivity contribution is -0.140. The van der Waals surface area contributed by atoms with Crippen LogP contribution in [0.1, 0.15) is 57.4 Å². The fraction of sp³-hybridized carbons (Fsp3) is 0.600. The minimum Gasteiger partial charge on any atom is -0.342 e. The van der Waals surface area contributed by atoms with Crippen molar-refractivity contribution in [2.45, 2.75) is 51.9 Å². The summed E-state index contributed by atoms with van der Waals surface area (Å²) in [7, 11) is 0. The van der Waals surface area contributed by atoms with Gasteiger partial charge in [-0.15, -0.1) is 0 Å². The first kappa shape index (κ1) is 17.0. The Morgan fingerprint density at radius 3 is 2.12 bits per heavy atom. The van der Waals surface area contributed by atoms with Crippen LogP contribution in [0.5, 0.6) is 0 Å². The van der Waals surface area contributed by atoms with Gasteiger partial charge in [-0.1, -0.05) is 32.4 Å². The predicted molar refractivity (Wildman–Crippen MR) is 95.8 cm³/mol. The minimum absolute atomic E-state index is 0.0141. The fourth-order valence-electron chi connectivity index (χ4n) is 3.47. The Hall–Kier alpha value is -1.84. The number of hydrogen-bond acceptors (Lipinski definition) is 2. The van der Waals surface area contributed by atoms with Gasteiger partial charge >= 0.3 is 0 Å². The third kappa shape index (κ3) is 3.80. The highest BCUT2D eigenvalue weighted by Crippen LogP contribution is 2.30. The zero-order chi connectivity index (χ0) is 17.1. The first-order valence-corrected chi connectivity index (χ1v) is 9.24. The average Bonchev–Trinajstić information content (AvgIpc) is 2.54. The molecule has 1 aliphatic carbocycles. The molecule has 1 saturated heterocycles. The van der Waals surface area contributed by atoms with Crippen LogP contribution in [0, 0.1) is 11.8 Å². The molecular weight excluding hydrogens is 300 g/mol. The van der Waals surface area contributed by atoms with Gasteiger partial charge < -0.3 is 10.2 Å². The van der Waals surface area contributed by atoms with Crippen LogP contribution in [-0.4, -0.2) is 29.8 Å². The molecule has 3 rings (SSSR count). The van der Waals surface area contributed by atoms with Crippen molar-refractivity contribution >= 4 is 17.5 Å². The molecule has 0 bridgehead atoms. The summed E-state index contributed by atoms with van der Waals surface area (Å²) in [6, 6.07) is 8.09. The molecule has 0 unspecified atom stereocenters. The van der Waals surface area contributed by atoms with Crippen LogP contribution < -0.4 is 5.32 Å². The molecule has 2 fully saturated rings. The van der Waals surface area contributed by atoms with Gasteiger partial charge in [0.2, 0.25) is 11.8 Å². The molecule has 2 amide bonds. The van der Waals surface area contributed by atoms with Crippen molar-refractivity contribution in [2.24, 2.45) is 11.8 Å². The van der Waals surface area contributed by atoms with E-state index in [0.717, 1.165) is 44.5 Å². The van der Waals surface area contributed by atoms with Gasteiger partial charge in [-0.2, -0.15) is 0 Å². The van der Waals surface area contributed by atoms with Crippen molar-refractivity contribution in [3.63, 3.8) is 0 Å². The molecule has 1 aromatic rings. The number of carbonyl (C=O) groups excluding carboxylic acids is 2. The lowest BCUT2D eigenvalue weighted by Gasteiger charge is -2.36. The van der Waals surface area contributed by atoms with Gasteiger partial charge in [0.05, 0.1) is 0 Å². The van der Waals surface area contributed by atoms with Crippen LogP contribution in [0.4, 0.5) is 5.69 Å². The summed E-state index contributed by atoms with van der Waals surface area (Å²) in [6.45, 7) is 5.76. The summed E-state index contributed by atoms with van der Waals surface area (Å²) in [5, 5.41) is 3.02. The number of hydrogen-bond donors (Lipinski definition) is 1. The summed E-state index contributed by atoms with van der Waals surface area (Å²) in [6.07, 6.45) is 4.82. The fourth-order valence-corrected chi connectivity index (χ4v) is 3.47. The van der Waals surface area contributed by atoms with Gasteiger partial charge in [0.25, 0.3) is 0 Å². The second-order valence-electron chi connectivity index (χ2n) is 7.49. The molecule has 1 heterocycles. The Bertz CT molecular complexity index is 582. The molecule has 24 heavy (non-hydrogen) atoms. The number of nitrogens with zero attached hydrogens (tertiary/aromatic N) is 1. The standard InChI is InChI=1S/C20H28N2O2/c1-14(2)15-6-8-18(9-7-15)21-19(23)16-10-12-22(13-11-16)20(24)17-4-3-5-17/h6-9,14,16-17H,3-5,10-13H2,1-2H3,(H,21,23). The Morgan fingerprint density at radius 1 is 1.00 bits per heavy atom. The van der Waals surface area contributed by atoms with E-state index in [-0.39, 0.29) is 17.7 Å². The number of carbonyl (C=O) groups is 2. The lowest BCUT2D eigenvalue weighted by atomic mass is 9.83. The Morgan fingerprint density at radius 2 is 1.62 bits per heavy atom. The van der Waals surface area contributed by atoms with E-state index in [2.05, 4.69) is 31.3 Å². The van der Waals surface area contributed by atoms with Crippen molar-refractivity contribution in [1.82, 2.24) is 4.90 Å². The Labute approximate surface area is 144 Å². The van der Waals surface area contributed by atoms with Crippen LogP contribution in [0.25, 0.3) is 0 Å². The van der Waals surface area contributed by atoms with Crippen molar-refractivity contribution in [3.8, 4) is 0 Å². The predicted octanol–water partition coefficient (Wildman–Crippen LogP) is 3.79. The van der Waals surface area contributed by atoms with Crippen molar-refractivity contribution in [2.75, 3.05) is 18.4 Å². The molecule has 130 valence electrons. The molecule has 1 aliphatic heterocycles. The van der Waals surface area contributed by atoms with Gasteiger partial charge in [0.1, 0.15) is 0 Å². The maximum Gasteiger partial charge on any atom is 0.227 e. The number of nitrogens with one attached hydrogen (secondary N) is 1. The van der Waals surface area contributed by atoms with Gasteiger partial charge in [-0.05, 0) is 49.3 Å². The summed E-state index contributed by atoms with van der Waals surface area (Å²) < 4.78 is 0. The van der Waals surface area contributed by atoms with E-state index in [4.69, 9.17) is 0 Å². The quantitative estimate of drug-likeness (QED) is 0.914. The zero-order valence-corrected chi connectivity index (χ0v) is 14.8. The average molecular weight is 328 g/mol. The lowest BCUT2D eigenvalue weighted by Crippen LogP contribution is -2.45. The molecule has 0 atom stereocenters. The van der Waals surface area contributed by atoms with Crippen molar-refractivity contribution < 1.29 is 9.59 Å². The van der Waals surface area contributed by atoms with Crippen molar-refractivity contribution in [3.05, 3.63) is 29.8 Å². The maximum absolute atomic E-state index is 12.4. The number of anilines is 1. The van der Waals surface area contributed by atoms with Gasteiger partial charge in [0, 0.05) is 30.6 Å². The van der Waals surface area contributed by atoms with Crippen LogP contribution in [0.2, 0.25) is 0 Å². The van der Waals surface area contributed by atoms with E-state index in [1.54, 1.807) is 0 Å². The first-order valence-electron chi connectivity index (χ1n) is 9.24. The van der Waals surface area contributed by atoms with E-state index < -0.39 is 0 Å². The molecule has 2 aliphatic rings. The van der Waals surface area contributed by atoms with Crippen LogP contribution in [0.3, 0.4) is 0 Å².